The molecule has 1 unspecified atom stereocenters. The van der Waals surface area contributed by atoms with Gasteiger partial charge < -0.3 is 11.1 Å². The minimum Gasteiger partial charge on any atom is -0.353 e. The van der Waals surface area contributed by atoms with Crippen LogP contribution in [0.5, 0.6) is 0 Å². The van der Waals surface area contributed by atoms with Gasteiger partial charge in [-0.2, -0.15) is 0 Å². The average Bonchev–Trinajstić information content (AvgIpc) is 2.11. The lowest BCUT2D eigenvalue weighted by Crippen LogP contribution is -2.51. The molecule has 6 heteroatoms. The third-order valence-corrected chi connectivity index (χ3v) is 4.87. The van der Waals surface area contributed by atoms with E-state index in [2.05, 4.69) is 5.32 Å². The number of rotatable bonds is 5. The van der Waals surface area contributed by atoms with Gasteiger partial charge in [-0.25, -0.2) is 8.42 Å². The number of hydrogen-bond acceptors (Lipinski definition) is 4. The molecule has 0 rings (SSSR count). The van der Waals surface area contributed by atoms with Crippen molar-refractivity contribution in [1.82, 2.24) is 5.32 Å². The number of carbonyl (C=O) groups excluding carboxylic acids is 1. The smallest absolute Gasteiger partial charge is 0.240 e. The molecule has 0 spiro atoms. The van der Waals surface area contributed by atoms with Gasteiger partial charge in [0.25, 0.3) is 0 Å². The lowest BCUT2D eigenvalue weighted by atomic mass is 10.1. The number of nitrogens with one attached hydrogen (secondary N) is 1. The summed E-state index contributed by atoms with van der Waals surface area (Å²) in [6, 6.07) is -0.167. The van der Waals surface area contributed by atoms with Gasteiger partial charge in [0, 0.05) is 18.8 Å². The number of sulfone groups is 1. The second kappa shape index (κ2) is 5.14. The van der Waals surface area contributed by atoms with Gasteiger partial charge in [0.2, 0.25) is 5.91 Å². The summed E-state index contributed by atoms with van der Waals surface area (Å²) in [7, 11) is -3.42. The van der Waals surface area contributed by atoms with E-state index in [-0.39, 0.29) is 18.5 Å². The van der Waals surface area contributed by atoms with Crippen molar-refractivity contribution in [3.8, 4) is 0 Å². The van der Waals surface area contributed by atoms with E-state index in [1.165, 1.54) is 13.8 Å². The minimum atomic E-state index is -3.42. The van der Waals surface area contributed by atoms with Crippen LogP contribution in [-0.4, -0.2) is 37.9 Å². The van der Waals surface area contributed by atoms with Crippen molar-refractivity contribution in [2.45, 2.75) is 38.5 Å². The Balaban J connectivity index is 4.50. The van der Waals surface area contributed by atoms with E-state index in [4.69, 9.17) is 5.73 Å². The Kier molecular flexibility index (Phi) is 4.94. The van der Waals surface area contributed by atoms with Crippen molar-refractivity contribution in [3.63, 3.8) is 0 Å². The average molecular weight is 250 g/mol. The van der Waals surface area contributed by atoms with Crippen LogP contribution < -0.4 is 11.1 Å². The molecule has 0 bridgehead atoms. The normalized spacial score (nSPS) is 14.9. The lowest BCUT2D eigenvalue weighted by molar-refractivity contribution is -0.122. The summed E-state index contributed by atoms with van der Waals surface area (Å²) in [6.45, 7) is 6.95. The Labute approximate surface area is 97.7 Å². The highest BCUT2D eigenvalue weighted by molar-refractivity contribution is 7.92. The predicted octanol–water partition coefficient (Wildman–Crippen LogP) is -0.0909. The van der Waals surface area contributed by atoms with Crippen LogP contribution in [0.15, 0.2) is 0 Å². The Morgan fingerprint density at radius 1 is 1.38 bits per heavy atom. The molecule has 16 heavy (non-hydrogen) atoms. The van der Waals surface area contributed by atoms with Crippen LogP contribution in [-0.2, 0) is 14.6 Å². The van der Waals surface area contributed by atoms with E-state index in [0.29, 0.717) is 0 Å². The van der Waals surface area contributed by atoms with Gasteiger partial charge in [-0.05, 0) is 19.8 Å². The van der Waals surface area contributed by atoms with E-state index >= 15 is 0 Å². The fraction of sp³-hybridized carbons (Fsp3) is 0.900. The molecule has 5 nitrogen and oxygen atoms in total. The molecule has 0 aliphatic carbocycles. The molecular weight excluding hydrogens is 228 g/mol. The van der Waals surface area contributed by atoms with Gasteiger partial charge in [-0.3, -0.25) is 4.79 Å². The zero-order chi connectivity index (χ0) is 13.1. The molecule has 0 radical (unpaired) electrons. The Hall–Kier alpha value is -0.620. The quantitative estimate of drug-likeness (QED) is 0.713. The van der Waals surface area contributed by atoms with Crippen molar-refractivity contribution >= 4 is 15.7 Å². The number of carbonyl (C=O) groups is 1. The fourth-order valence-electron chi connectivity index (χ4n) is 0.827. The molecule has 1 atom stereocenters. The molecule has 3 N–H and O–H groups in total. The van der Waals surface area contributed by atoms with Crippen molar-refractivity contribution < 1.29 is 13.2 Å². The van der Waals surface area contributed by atoms with Crippen LogP contribution in [0.25, 0.3) is 0 Å². The highest BCUT2D eigenvalue weighted by Crippen LogP contribution is 2.14. The zero-order valence-electron chi connectivity index (χ0n) is 10.6. The number of nitrogens with two attached hydrogens (primary N) is 1. The first kappa shape index (κ1) is 15.4. The third-order valence-electron chi connectivity index (χ3n) is 2.83. The summed E-state index contributed by atoms with van der Waals surface area (Å²) >= 11 is 0. The maximum absolute atomic E-state index is 11.7. The first-order valence-electron chi connectivity index (χ1n) is 5.23. The second-order valence-electron chi connectivity index (χ2n) is 4.90. The molecule has 0 aromatic rings. The van der Waals surface area contributed by atoms with Crippen LogP contribution in [0, 0.1) is 5.92 Å². The first-order chi connectivity index (χ1) is 7.00. The molecule has 0 aromatic carbocycles. The largest absolute Gasteiger partial charge is 0.353 e. The molecule has 1 amide bonds. The van der Waals surface area contributed by atoms with Crippen LogP contribution in [0.1, 0.15) is 27.7 Å². The summed E-state index contributed by atoms with van der Waals surface area (Å²) in [4.78, 5) is 11.7. The van der Waals surface area contributed by atoms with E-state index < -0.39 is 20.5 Å². The van der Waals surface area contributed by atoms with Crippen LogP contribution >= 0.6 is 0 Å². The van der Waals surface area contributed by atoms with Crippen LogP contribution in [0.3, 0.4) is 0 Å². The van der Waals surface area contributed by atoms with Crippen molar-refractivity contribution in [2.75, 3.05) is 12.8 Å². The Morgan fingerprint density at radius 3 is 2.12 bits per heavy atom. The lowest BCUT2D eigenvalue weighted by Gasteiger charge is -2.23. The highest BCUT2D eigenvalue weighted by Gasteiger charge is 2.38. The maximum Gasteiger partial charge on any atom is 0.240 e. The topological polar surface area (TPSA) is 89.3 Å². The molecule has 0 saturated carbocycles. The minimum absolute atomic E-state index is 0.167. The van der Waals surface area contributed by atoms with Crippen molar-refractivity contribution in [3.05, 3.63) is 0 Å². The van der Waals surface area contributed by atoms with E-state index in [1.807, 2.05) is 13.8 Å². The first-order valence-corrected chi connectivity index (χ1v) is 7.12. The van der Waals surface area contributed by atoms with Crippen molar-refractivity contribution in [1.29, 1.82) is 0 Å². The van der Waals surface area contributed by atoms with E-state index in [0.717, 1.165) is 6.26 Å². The highest BCUT2D eigenvalue weighted by atomic mass is 32.2. The molecule has 0 aliphatic rings. The summed E-state index contributed by atoms with van der Waals surface area (Å²) in [6.07, 6.45) is 1.05. The van der Waals surface area contributed by atoms with Crippen molar-refractivity contribution in [2.24, 2.45) is 11.7 Å². The number of hydrogen-bond donors (Lipinski definition) is 2. The molecule has 0 fully saturated rings. The third kappa shape index (κ3) is 3.75. The standard InChI is InChI=1S/C10H22N2O3S/c1-7(2)8(11)6-12-9(13)10(3,4)16(5,14)15/h7-8H,6,11H2,1-5H3,(H,12,13). The van der Waals surface area contributed by atoms with Gasteiger partial charge in [0.15, 0.2) is 9.84 Å². The Bertz CT molecular complexity index is 347. The molecular formula is C10H22N2O3S. The Morgan fingerprint density at radius 2 is 1.81 bits per heavy atom. The van der Waals surface area contributed by atoms with Gasteiger partial charge in [0.1, 0.15) is 4.75 Å². The molecule has 0 heterocycles. The predicted molar refractivity (Wildman–Crippen MR) is 64.7 cm³/mol. The zero-order valence-corrected chi connectivity index (χ0v) is 11.4. The maximum atomic E-state index is 11.7. The van der Waals surface area contributed by atoms with E-state index in [1.54, 1.807) is 0 Å². The fourth-order valence-corrected chi connectivity index (χ4v) is 1.24. The molecule has 0 aromatic heterocycles. The number of amides is 1. The SMILES string of the molecule is CC(C)C(N)CNC(=O)C(C)(C)S(C)(=O)=O. The summed E-state index contributed by atoms with van der Waals surface area (Å²) in [5.74, 6) is -0.271. The summed E-state index contributed by atoms with van der Waals surface area (Å²) < 4.78 is 21.3. The summed E-state index contributed by atoms with van der Waals surface area (Å²) in [5, 5.41) is 2.57. The van der Waals surface area contributed by atoms with Gasteiger partial charge in [0.05, 0.1) is 0 Å². The van der Waals surface area contributed by atoms with Crippen LogP contribution in [0.4, 0.5) is 0 Å². The van der Waals surface area contributed by atoms with Gasteiger partial charge in [-0.1, -0.05) is 13.8 Å². The molecule has 96 valence electrons. The molecule has 0 saturated heterocycles. The van der Waals surface area contributed by atoms with E-state index in [9.17, 15) is 13.2 Å². The van der Waals surface area contributed by atoms with Gasteiger partial charge >= 0.3 is 0 Å². The summed E-state index contributed by atoms with van der Waals surface area (Å²) in [5.41, 5.74) is 5.75. The second-order valence-corrected chi connectivity index (χ2v) is 7.47. The molecule has 0 aliphatic heterocycles. The van der Waals surface area contributed by atoms with Gasteiger partial charge in [-0.15, -0.1) is 0 Å². The van der Waals surface area contributed by atoms with Crippen LogP contribution in [0.2, 0.25) is 0 Å². The monoisotopic (exact) mass is 250 g/mol.